The summed E-state index contributed by atoms with van der Waals surface area (Å²) in [5, 5.41) is 5.28. The lowest BCUT2D eigenvalue weighted by Gasteiger charge is -2.12. The highest BCUT2D eigenvalue weighted by molar-refractivity contribution is 7.92. The molecule has 0 atom stereocenters. The van der Waals surface area contributed by atoms with Crippen molar-refractivity contribution in [3.8, 4) is 5.75 Å². The van der Waals surface area contributed by atoms with Gasteiger partial charge in [0.25, 0.3) is 15.9 Å². The molecule has 0 aromatic heterocycles. The Hall–Kier alpha value is -3.85. The van der Waals surface area contributed by atoms with E-state index in [1.165, 1.54) is 24.3 Å². The number of rotatable bonds is 9. The second-order valence-corrected chi connectivity index (χ2v) is 9.41. The summed E-state index contributed by atoms with van der Waals surface area (Å²) in [6.07, 6.45) is 0. The summed E-state index contributed by atoms with van der Waals surface area (Å²) in [6, 6.07) is 18.5. The Kier molecular flexibility index (Phi) is 7.91. The van der Waals surface area contributed by atoms with E-state index < -0.39 is 15.9 Å². The van der Waals surface area contributed by atoms with Crippen LogP contribution in [0.4, 0.5) is 5.69 Å². The topological polar surface area (TPSA) is 114 Å². The third kappa shape index (κ3) is 6.58. The number of hydrogen-bond donors (Lipinski definition) is 3. The van der Waals surface area contributed by atoms with E-state index in [-0.39, 0.29) is 17.3 Å². The van der Waals surface area contributed by atoms with Crippen LogP contribution in [-0.2, 0) is 21.4 Å². The van der Waals surface area contributed by atoms with Crippen molar-refractivity contribution in [2.24, 2.45) is 0 Å². The number of nitrogens with one attached hydrogen (secondary N) is 3. The number of benzene rings is 3. The number of carbonyl (C=O) groups is 2. The molecular formula is C25H27N3O5S. The Morgan fingerprint density at radius 2 is 1.56 bits per heavy atom. The Morgan fingerprint density at radius 3 is 2.21 bits per heavy atom. The van der Waals surface area contributed by atoms with Gasteiger partial charge in [0.15, 0.2) is 0 Å². The molecule has 3 aromatic carbocycles. The van der Waals surface area contributed by atoms with Gasteiger partial charge in [-0.1, -0.05) is 24.3 Å². The Bertz CT molecular complexity index is 1270. The number of amides is 2. The summed E-state index contributed by atoms with van der Waals surface area (Å²) in [5.74, 6) is -0.0444. The molecule has 0 saturated carbocycles. The summed E-state index contributed by atoms with van der Waals surface area (Å²) < 4.78 is 33.1. The minimum Gasteiger partial charge on any atom is -0.497 e. The Balaban J connectivity index is 1.52. The first kappa shape index (κ1) is 24.8. The molecule has 0 bridgehead atoms. The van der Waals surface area contributed by atoms with Gasteiger partial charge < -0.3 is 15.4 Å². The predicted molar refractivity (Wildman–Crippen MR) is 130 cm³/mol. The van der Waals surface area contributed by atoms with Gasteiger partial charge in [0.1, 0.15) is 5.75 Å². The van der Waals surface area contributed by atoms with E-state index in [1.807, 2.05) is 25.1 Å². The van der Waals surface area contributed by atoms with Crippen LogP contribution in [0.2, 0.25) is 0 Å². The van der Waals surface area contributed by atoms with Crippen molar-refractivity contribution < 1.29 is 22.7 Å². The lowest BCUT2D eigenvalue weighted by atomic mass is 10.2. The smallest absolute Gasteiger partial charge is 0.262 e. The highest BCUT2D eigenvalue weighted by Crippen LogP contribution is 2.21. The van der Waals surface area contributed by atoms with E-state index in [9.17, 15) is 18.0 Å². The molecule has 0 aliphatic heterocycles. The van der Waals surface area contributed by atoms with Crippen LogP contribution in [0.25, 0.3) is 0 Å². The molecule has 0 aliphatic rings. The van der Waals surface area contributed by atoms with E-state index in [0.717, 1.165) is 16.9 Å². The van der Waals surface area contributed by atoms with E-state index in [0.29, 0.717) is 23.4 Å². The second kappa shape index (κ2) is 10.8. The number of carbonyl (C=O) groups excluding carboxylic acids is 2. The Labute approximate surface area is 199 Å². The molecule has 0 spiro atoms. The molecule has 2 amide bonds. The zero-order chi connectivity index (χ0) is 24.7. The molecular weight excluding hydrogens is 454 g/mol. The van der Waals surface area contributed by atoms with Crippen molar-refractivity contribution in [1.82, 2.24) is 10.6 Å². The minimum atomic E-state index is -3.76. The molecule has 3 rings (SSSR count). The third-order valence-electron chi connectivity index (χ3n) is 5.09. The van der Waals surface area contributed by atoms with Crippen molar-refractivity contribution in [2.75, 3.05) is 18.4 Å². The average Bonchev–Trinajstić information content (AvgIpc) is 2.83. The van der Waals surface area contributed by atoms with Gasteiger partial charge in [-0.3, -0.25) is 14.3 Å². The van der Waals surface area contributed by atoms with Gasteiger partial charge in [0, 0.05) is 17.8 Å². The molecule has 0 saturated heterocycles. The lowest BCUT2D eigenvalue weighted by molar-refractivity contribution is -0.120. The first-order valence-corrected chi connectivity index (χ1v) is 12.0. The quantitative estimate of drug-likeness (QED) is 0.435. The van der Waals surface area contributed by atoms with Gasteiger partial charge in [-0.05, 0) is 73.0 Å². The maximum atomic E-state index is 12.7. The molecule has 0 fully saturated rings. The van der Waals surface area contributed by atoms with Gasteiger partial charge in [-0.2, -0.15) is 0 Å². The standard InChI is InChI=1S/C25H27N3O5S/c1-17-4-5-18(2)23(14-17)34(31,32)28-21-10-8-20(9-11-21)25(30)27-16-24(29)26-15-19-6-12-22(33-3)13-7-19/h4-14,28H,15-16H2,1-3H3,(H,26,29)(H,27,30). The first-order valence-electron chi connectivity index (χ1n) is 10.6. The molecule has 0 radical (unpaired) electrons. The fraction of sp³-hybridized carbons (Fsp3) is 0.200. The largest absolute Gasteiger partial charge is 0.497 e. The number of methoxy groups -OCH3 is 1. The van der Waals surface area contributed by atoms with Crippen LogP contribution in [0, 0.1) is 13.8 Å². The third-order valence-corrected chi connectivity index (χ3v) is 6.61. The monoisotopic (exact) mass is 481 g/mol. The fourth-order valence-corrected chi connectivity index (χ4v) is 4.56. The lowest BCUT2D eigenvalue weighted by Crippen LogP contribution is -2.36. The molecule has 3 N–H and O–H groups in total. The van der Waals surface area contributed by atoms with Crippen LogP contribution >= 0.6 is 0 Å². The molecule has 0 unspecified atom stereocenters. The van der Waals surface area contributed by atoms with Gasteiger partial charge >= 0.3 is 0 Å². The summed E-state index contributed by atoms with van der Waals surface area (Å²) in [7, 11) is -2.18. The average molecular weight is 482 g/mol. The molecule has 34 heavy (non-hydrogen) atoms. The minimum absolute atomic E-state index is 0.185. The second-order valence-electron chi connectivity index (χ2n) is 7.76. The number of ether oxygens (including phenoxy) is 1. The van der Waals surface area contributed by atoms with Crippen molar-refractivity contribution in [3.63, 3.8) is 0 Å². The van der Waals surface area contributed by atoms with Gasteiger partial charge in [0.05, 0.1) is 18.6 Å². The first-order chi connectivity index (χ1) is 16.2. The zero-order valence-corrected chi connectivity index (χ0v) is 20.0. The molecule has 3 aromatic rings. The summed E-state index contributed by atoms with van der Waals surface area (Å²) in [4.78, 5) is 24.6. The van der Waals surface area contributed by atoms with E-state index in [1.54, 1.807) is 38.3 Å². The SMILES string of the molecule is COc1ccc(CNC(=O)CNC(=O)c2ccc(NS(=O)(=O)c3cc(C)ccc3C)cc2)cc1. The highest BCUT2D eigenvalue weighted by atomic mass is 32.2. The maximum absolute atomic E-state index is 12.7. The van der Waals surface area contributed by atoms with Crippen molar-refractivity contribution >= 4 is 27.5 Å². The zero-order valence-electron chi connectivity index (χ0n) is 19.2. The molecule has 9 heteroatoms. The van der Waals surface area contributed by atoms with Crippen molar-refractivity contribution in [1.29, 1.82) is 0 Å². The summed E-state index contributed by atoms with van der Waals surface area (Å²) in [6.45, 7) is 3.70. The number of sulfonamides is 1. The maximum Gasteiger partial charge on any atom is 0.262 e. The van der Waals surface area contributed by atoms with Crippen LogP contribution in [0.5, 0.6) is 5.75 Å². The van der Waals surface area contributed by atoms with Gasteiger partial charge in [-0.25, -0.2) is 8.42 Å². The number of aryl methyl sites for hydroxylation is 2. The Morgan fingerprint density at radius 1 is 0.882 bits per heavy atom. The van der Waals surface area contributed by atoms with Crippen LogP contribution in [0.15, 0.2) is 71.6 Å². The highest BCUT2D eigenvalue weighted by Gasteiger charge is 2.17. The van der Waals surface area contributed by atoms with Gasteiger partial charge in [0.2, 0.25) is 5.91 Å². The van der Waals surface area contributed by atoms with Crippen LogP contribution in [0.1, 0.15) is 27.0 Å². The molecule has 0 heterocycles. The molecule has 8 nitrogen and oxygen atoms in total. The number of anilines is 1. The van der Waals surface area contributed by atoms with Crippen LogP contribution in [-0.4, -0.2) is 33.9 Å². The van der Waals surface area contributed by atoms with Crippen molar-refractivity contribution in [2.45, 2.75) is 25.3 Å². The van der Waals surface area contributed by atoms with Gasteiger partial charge in [-0.15, -0.1) is 0 Å². The van der Waals surface area contributed by atoms with E-state index >= 15 is 0 Å². The predicted octanol–water partition coefficient (Wildman–Crippen LogP) is 3.16. The van der Waals surface area contributed by atoms with E-state index in [4.69, 9.17) is 4.74 Å². The van der Waals surface area contributed by atoms with Crippen LogP contribution < -0.4 is 20.1 Å². The fourth-order valence-electron chi connectivity index (χ4n) is 3.17. The normalized spacial score (nSPS) is 10.9. The molecule has 178 valence electrons. The van der Waals surface area contributed by atoms with E-state index in [2.05, 4.69) is 15.4 Å². The van der Waals surface area contributed by atoms with Crippen molar-refractivity contribution in [3.05, 3.63) is 89.0 Å². The summed E-state index contributed by atoms with van der Waals surface area (Å²) >= 11 is 0. The van der Waals surface area contributed by atoms with Crippen LogP contribution in [0.3, 0.4) is 0 Å². The number of hydrogen-bond acceptors (Lipinski definition) is 5. The molecule has 0 aliphatic carbocycles. The summed E-state index contributed by atoms with van der Waals surface area (Å²) in [5.41, 5.74) is 3.01.